The van der Waals surface area contributed by atoms with Gasteiger partial charge in [-0.1, -0.05) is 0 Å². The first-order valence-electron chi connectivity index (χ1n) is 11.8. The Morgan fingerprint density at radius 1 is 0.759 bits per heavy atom. The molecule has 4 fully saturated rings. The van der Waals surface area contributed by atoms with Gasteiger partial charge >= 0.3 is 0 Å². The molecule has 0 radical (unpaired) electrons. The number of amides is 2. The summed E-state index contributed by atoms with van der Waals surface area (Å²) in [6.07, 6.45) is 6.74. The van der Waals surface area contributed by atoms with Crippen LogP contribution in [-0.2, 0) is 9.59 Å². The molecule has 4 saturated heterocycles. The van der Waals surface area contributed by atoms with Gasteiger partial charge in [0.25, 0.3) is 0 Å². The van der Waals surface area contributed by atoms with E-state index in [9.17, 15) is 9.59 Å². The maximum absolute atomic E-state index is 13.0. The summed E-state index contributed by atoms with van der Waals surface area (Å²) in [5, 5.41) is 0. The minimum absolute atomic E-state index is 0.169. The van der Waals surface area contributed by atoms with E-state index in [-0.39, 0.29) is 5.92 Å². The Morgan fingerprint density at radius 3 is 2.14 bits per heavy atom. The fourth-order valence-electron chi connectivity index (χ4n) is 5.54. The molecule has 0 bridgehead atoms. The number of hydrogen-bond donors (Lipinski definition) is 0. The first kappa shape index (κ1) is 21.1. The number of hydrogen-bond acceptors (Lipinski definition) is 5. The number of likely N-dealkylation sites (tertiary alicyclic amines) is 3. The second-order valence-corrected chi connectivity index (χ2v) is 9.56. The van der Waals surface area contributed by atoms with Crippen molar-refractivity contribution in [2.24, 2.45) is 5.92 Å². The van der Waals surface area contributed by atoms with Crippen LogP contribution >= 0.6 is 0 Å². The third kappa shape index (κ3) is 5.30. The average molecular weight is 406 g/mol. The molecule has 0 unspecified atom stereocenters. The van der Waals surface area contributed by atoms with E-state index in [0.29, 0.717) is 24.4 Å². The number of piperidine rings is 2. The number of nitrogens with zero attached hydrogens (tertiary/aromatic N) is 5. The van der Waals surface area contributed by atoms with E-state index in [2.05, 4.69) is 31.5 Å². The number of piperazine rings is 1. The zero-order chi connectivity index (χ0) is 20.2. The molecule has 164 valence electrons. The quantitative estimate of drug-likeness (QED) is 0.684. The molecule has 0 aromatic heterocycles. The molecule has 0 saturated carbocycles. The second kappa shape index (κ2) is 9.75. The van der Waals surface area contributed by atoms with Gasteiger partial charge in [-0.2, -0.15) is 0 Å². The van der Waals surface area contributed by atoms with Crippen molar-refractivity contribution in [3.63, 3.8) is 0 Å². The molecule has 7 nitrogen and oxygen atoms in total. The van der Waals surface area contributed by atoms with Crippen LogP contribution in [0.2, 0.25) is 0 Å². The van der Waals surface area contributed by atoms with Gasteiger partial charge in [0.05, 0.1) is 12.5 Å². The van der Waals surface area contributed by atoms with Crippen LogP contribution in [0.25, 0.3) is 0 Å². The van der Waals surface area contributed by atoms with E-state index in [1.165, 1.54) is 12.8 Å². The Bertz CT molecular complexity index is 564. The zero-order valence-corrected chi connectivity index (χ0v) is 18.2. The van der Waals surface area contributed by atoms with Crippen molar-refractivity contribution in [2.45, 2.75) is 44.6 Å². The molecule has 0 aromatic carbocycles. The number of rotatable bonds is 4. The van der Waals surface area contributed by atoms with Crippen molar-refractivity contribution in [1.82, 2.24) is 24.5 Å². The minimum Gasteiger partial charge on any atom is -0.341 e. The van der Waals surface area contributed by atoms with Crippen LogP contribution in [0.5, 0.6) is 0 Å². The van der Waals surface area contributed by atoms with E-state index < -0.39 is 0 Å². The summed E-state index contributed by atoms with van der Waals surface area (Å²) in [5.74, 6) is 0.857. The van der Waals surface area contributed by atoms with Crippen molar-refractivity contribution in [3.8, 4) is 0 Å². The summed E-state index contributed by atoms with van der Waals surface area (Å²) in [6.45, 7) is 10.3. The number of carbonyl (C=O) groups excluding carboxylic acids is 2. The molecular formula is C22H39N5O2. The van der Waals surface area contributed by atoms with E-state index in [1.807, 2.05) is 0 Å². The lowest BCUT2D eigenvalue weighted by molar-refractivity contribution is -0.139. The van der Waals surface area contributed by atoms with Gasteiger partial charge in [0.1, 0.15) is 0 Å². The van der Waals surface area contributed by atoms with Crippen LogP contribution in [-0.4, -0.2) is 121 Å². The number of carbonyl (C=O) groups is 2. The molecule has 29 heavy (non-hydrogen) atoms. The molecule has 4 heterocycles. The lowest BCUT2D eigenvalue weighted by Crippen LogP contribution is -2.54. The zero-order valence-electron chi connectivity index (χ0n) is 18.2. The molecule has 4 aliphatic heterocycles. The molecule has 1 atom stereocenters. The van der Waals surface area contributed by atoms with E-state index >= 15 is 0 Å². The smallest absolute Gasteiger partial charge is 0.236 e. The van der Waals surface area contributed by atoms with Crippen molar-refractivity contribution >= 4 is 11.8 Å². The predicted molar refractivity (Wildman–Crippen MR) is 114 cm³/mol. The van der Waals surface area contributed by atoms with Crippen LogP contribution in [0.15, 0.2) is 0 Å². The molecular weight excluding hydrogens is 366 g/mol. The fourth-order valence-corrected chi connectivity index (χ4v) is 5.54. The van der Waals surface area contributed by atoms with Crippen molar-refractivity contribution in [1.29, 1.82) is 0 Å². The predicted octanol–water partition coefficient (Wildman–Crippen LogP) is 0.559. The van der Waals surface area contributed by atoms with E-state index in [1.54, 1.807) is 0 Å². The molecule has 2 amide bonds. The molecule has 0 aliphatic carbocycles. The third-order valence-corrected chi connectivity index (χ3v) is 7.51. The SMILES string of the molecule is CN1CCN(C(=O)[C@@H]2CCCN(C3CCN(C(=O)CN4CCCC4)CC3)C2)CC1. The molecule has 7 heteroatoms. The van der Waals surface area contributed by atoms with Crippen LogP contribution in [0.1, 0.15) is 38.5 Å². The summed E-state index contributed by atoms with van der Waals surface area (Å²) in [4.78, 5) is 36.9. The number of likely N-dealkylation sites (N-methyl/N-ethyl adjacent to an activating group) is 1. The Labute approximate surface area is 176 Å². The second-order valence-electron chi connectivity index (χ2n) is 9.56. The topological polar surface area (TPSA) is 50.3 Å². The highest BCUT2D eigenvalue weighted by Gasteiger charge is 2.34. The Morgan fingerprint density at radius 2 is 1.45 bits per heavy atom. The Hall–Kier alpha value is -1.18. The van der Waals surface area contributed by atoms with Crippen LogP contribution in [0, 0.1) is 5.92 Å². The molecule has 0 N–H and O–H groups in total. The summed E-state index contributed by atoms with van der Waals surface area (Å²) in [7, 11) is 2.13. The maximum atomic E-state index is 13.0. The van der Waals surface area contributed by atoms with Gasteiger partial charge < -0.3 is 14.7 Å². The summed E-state index contributed by atoms with van der Waals surface area (Å²) < 4.78 is 0. The first-order chi connectivity index (χ1) is 14.1. The van der Waals surface area contributed by atoms with Gasteiger partial charge in [-0.15, -0.1) is 0 Å². The van der Waals surface area contributed by atoms with Crippen LogP contribution in [0.3, 0.4) is 0 Å². The highest BCUT2D eigenvalue weighted by Crippen LogP contribution is 2.25. The van der Waals surface area contributed by atoms with Gasteiger partial charge in [-0.05, 0) is 65.2 Å². The van der Waals surface area contributed by atoms with E-state index in [4.69, 9.17) is 0 Å². The summed E-state index contributed by atoms with van der Waals surface area (Å²) >= 11 is 0. The Balaban J connectivity index is 1.23. The van der Waals surface area contributed by atoms with E-state index in [0.717, 1.165) is 91.1 Å². The van der Waals surface area contributed by atoms with Crippen LogP contribution < -0.4 is 0 Å². The molecule has 0 spiro atoms. The monoisotopic (exact) mass is 405 g/mol. The van der Waals surface area contributed by atoms with Gasteiger partial charge in [0, 0.05) is 51.9 Å². The maximum Gasteiger partial charge on any atom is 0.236 e. The first-order valence-corrected chi connectivity index (χ1v) is 11.8. The highest BCUT2D eigenvalue weighted by atomic mass is 16.2. The average Bonchev–Trinajstić information content (AvgIpc) is 3.27. The molecule has 4 rings (SSSR count). The van der Waals surface area contributed by atoms with Crippen LogP contribution in [0.4, 0.5) is 0 Å². The van der Waals surface area contributed by atoms with Gasteiger partial charge in [-0.25, -0.2) is 0 Å². The van der Waals surface area contributed by atoms with Gasteiger partial charge in [-0.3, -0.25) is 19.4 Å². The lowest BCUT2D eigenvalue weighted by atomic mass is 9.92. The molecule has 4 aliphatic rings. The van der Waals surface area contributed by atoms with Gasteiger partial charge in [0.2, 0.25) is 11.8 Å². The fraction of sp³-hybridized carbons (Fsp3) is 0.909. The highest BCUT2D eigenvalue weighted by molar-refractivity contribution is 5.79. The third-order valence-electron chi connectivity index (χ3n) is 7.51. The normalized spacial score (nSPS) is 28.8. The largest absolute Gasteiger partial charge is 0.341 e. The standard InChI is InChI=1S/C22H39N5O2/c1-23-13-15-26(16-14-23)22(29)19-5-4-10-27(17-19)20-6-11-25(12-7-20)21(28)18-24-8-2-3-9-24/h19-20H,2-18H2,1H3/t19-/m1/s1. The van der Waals surface area contributed by atoms with Gasteiger partial charge in [0.15, 0.2) is 0 Å². The van der Waals surface area contributed by atoms with Crippen molar-refractivity contribution < 1.29 is 9.59 Å². The molecule has 0 aromatic rings. The minimum atomic E-state index is 0.169. The summed E-state index contributed by atoms with van der Waals surface area (Å²) in [6, 6.07) is 0.536. The lowest BCUT2D eigenvalue weighted by Gasteiger charge is -2.43. The van der Waals surface area contributed by atoms with Crippen molar-refractivity contribution in [3.05, 3.63) is 0 Å². The Kier molecular flexibility index (Phi) is 7.08. The van der Waals surface area contributed by atoms with Crippen molar-refractivity contribution in [2.75, 3.05) is 79.0 Å². The summed E-state index contributed by atoms with van der Waals surface area (Å²) in [5.41, 5.74) is 0.